The van der Waals surface area contributed by atoms with Gasteiger partial charge in [-0.25, -0.2) is 15.0 Å². The lowest BCUT2D eigenvalue weighted by Crippen LogP contribution is -2.44. The SMILES string of the molecule is C[C@@H]1COCCN1c1nc(-c2ccnc3[nH]ccc23)nc2c(C3(O)CCCC3)csc12. The average molecular weight is 436 g/mol. The van der Waals surface area contributed by atoms with Crippen molar-refractivity contribution in [3.8, 4) is 11.4 Å². The summed E-state index contributed by atoms with van der Waals surface area (Å²) < 4.78 is 6.72. The Labute approximate surface area is 184 Å². The second kappa shape index (κ2) is 7.25. The minimum atomic E-state index is -0.792. The van der Waals surface area contributed by atoms with E-state index in [2.05, 4.69) is 27.2 Å². The number of fused-ring (bicyclic) bond motifs is 2. The predicted octanol–water partition coefficient (Wildman–Crippen LogP) is 4.22. The van der Waals surface area contributed by atoms with Crippen molar-refractivity contribution in [1.82, 2.24) is 19.9 Å². The number of aromatic nitrogens is 4. The number of anilines is 1. The Morgan fingerprint density at radius 2 is 2.13 bits per heavy atom. The van der Waals surface area contributed by atoms with Gasteiger partial charge in [0, 0.05) is 35.5 Å². The Morgan fingerprint density at radius 1 is 1.26 bits per heavy atom. The maximum Gasteiger partial charge on any atom is 0.163 e. The number of aliphatic hydroxyl groups is 1. The highest BCUT2D eigenvalue weighted by atomic mass is 32.1. The number of hydrogen-bond acceptors (Lipinski definition) is 7. The molecule has 31 heavy (non-hydrogen) atoms. The molecule has 8 heteroatoms. The maximum atomic E-state index is 11.4. The van der Waals surface area contributed by atoms with Crippen molar-refractivity contribution >= 4 is 38.4 Å². The minimum absolute atomic E-state index is 0.226. The molecular weight excluding hydrogens is 410 g/mol. The summed E-state index contributed by atoms with van der Waals surface area (Å²) in [5.41, 5.74) is 2.82. The molecule has 0 amide bonds. The Morgan fingerprint density at radius 3 is 2.97 bits per heavy atom. The largest absolute Gasteiger partial charge is 0.385 e. The van der Waals surface area contributed by atoms with Crippen molar-refractivity contribution in [3.63, 3.8) is 0 Å². The van der Waals surface area contributed by atoms with Crippen molar-refractivity contribution < 1.29 is 9.84 Å². The molecule has 2 fully saturated rings. The predicted molar refractivity (Wildman–Crippen MR) is 122 cm³/mol. The van der Waals surface area contributed by atoms with Gasteiger partial charge >= 0.3 is 0 Å². The summed E-state index contributed by atoms with van der Waals surface area (Å²) in [5, 5.41) is 14.5. The number of rotatable bonds is 3. The van der Waals surface area contributed by atoms with Gasteiger partial charge in [-0.1, -0.05) is 12.8 Å². The van der Waals surface area contributed by atoms with Gasteiger partial charge in [0.1, 0.15) is 5.65 Å². The van der Waals surface area contributed by atoms with Crippen LogP contribution in [0, 0.1) is 0 Å². The van der Waals surface area contributed by atoms with E-state index in [9.17, 15) is 5.11 Å². The lowest BCUT2D eigenvalue weighted by molar-refractivity contribution is 0.0462. The molecule has 160 valence electrons. The fourth-order valence-electron chi connectivity index (χ4n) is 4.98. The molecule has 5 heterocycles. The van der Waals surface area contributed by atoms with Crippen LogP contribution in [0.25, 0.3) is 32.6 Å². The highest BCUT2D eigenvalue weighted by molar-refractivity contribution is 7.18. The topological polar surface area (TPSA) is 87.2 Å². The number of H-pyrrole nitrogens is 1. The molecule has 0 spiro atoms. The van der Waals surface area contributed by atoms with Crippen LogP contribution in [-0.2, 0) is 10.3 Å². The summed E-state index contributed by atoms with van der Waals surface area (Å²) in [6.07, 6.45) is 7.36. The monoisotopic (exact) mass is 435 g/mol. The van der Waals surface area contributed by atoms with Crippen molar-refractivity contribution in [1.29, 1.82) is 0 Å². The zero-order valence-electron chi connectivity index (χ0n) is 17.5. The van der Waals surface area contributed by atoms with Gasteiger partial charge in [0.05, 0.1) is 35.1 Å². The summed E-state index contributed by atoms with van der Waals surface area (Å²) >= 11 is 1.64. The third kappa shape index (κ3) is 3.04. The van der Waals surface area contributed by atoms with Crippen LogP contribution < -0.4 is 4.90 Å². The number of hydrogen-bond donors (Lipinski definition) is 2. The van der Waals surface area contributed by atoms with Crippen molar-refractivity contribution in [2.45, 2.75) is 44.2 Å². The molecule has 1 atom stereocenters. The van der Waals surface area contributed by atoms with Gasteiger partial charge in [-0.15, -0.1) is 11.3 Å². The van der Waals surface area contributed by atoms with Gasteiger partial charge in [0.15, 0.2) is 11.6 Å². The van der Waals surface area contributed by atoms with Crippen LogP contribution in [0.2, 0.25) is 0 Å². The Bertz CT molecular complexity index is 1260. The van der Waals surface area contributed by atoms with Gasteiger partial charge in [-0.05, 0) is 37.3 Å². The zero-order valence-corrected chi connectivity index (χ0v) is 18.3. The number of ether oxygens (including phenoxy) is 1. The Kier molecular flexibility index (Phi) is 4.48. The normalized spacial score (nSPS) is 21.4. The van der Waals surface area contributed by atoms with Gasteiger partial charge in [-0.3, -0.25) is 0 Å². The van der Waals surface area contributed by atoms with Crippen LogP contribution in [0.1, 0.15) is 38.2 Å². The molecule has 0 bridgehead atoms. The molecule has 0 radical (unpaired) electrons. The van der Waals surface area contributed by atoms with E-state index in [1.165, 1.54) is 0 Å². The lowest BCUT2D eigenvalue weighted by Gasteiger charge is -2.34. The highest BCUT2D eigenvalue weighted by Crippen LogP contribution is 2.45. The Hall–Kier alpha value is -2.55. The van der Waals surface area contributed by atoms with Crippen LogP contribution >= 0.6 is 11.3 Å². The number of pyridine rings is 1. The summed E-state index contributed by atoms with van der Waals surface area (Å²) in [6.45, 7) is 4.33. The van der Waals surface area contributed by atoms with Crippen molar-refractivity contribution in [2.75, 3.05) is 24.7 Å². The van der Waals surface area contributed by atoms with Crippen LogP contribution in [0.15, 0.2) is 29.9 Å². The van der Waals surface area contributed by atoms with E-state index in [-0.39, 0.29) is 6.04 Å². The molecule has 4 aromatic heterocycles. The molecule has 1 aliphatic heterocycles. The van der Waals surface area contributed by atoms with E-state index in [1.54, 1.807) is 17.5 Å². The molecular formula is C23H25N5O2S. The van der Waals surface area contributed by atoms with Crippen LogP contribution in [0.3, 0.4) is 0 Å². The zero-order chi connectivity index (χ0) is 21.0. The molecule has 6 rings (SSSR count). The number of morpholine rings is 1. The van der Waals surface area contributed by atoms with E-state index >= 15 is 0 Å². The molecule has 0 aromatic carbocycles. The first-order valence-electron chi connectivity index (χ1n) is 10.9. The van der Waals surface area contributed by atoms with E-state index in [4.69, 9.17) is 14.7 Å². The van der Waals surface area contributed by atoms with E-state index in [0.717, 1.165) is 70.4 Å². The molecule has 1 saturated carbocycles. The van der Waals surface area contributed by atoms with E-state index in [1.807, 2.05) is 18.3 Å². The highest BCUT2D eigenvalue weighted by Gasteiger charge is 2.37. The molecule has 1 saturated heterocycles. The maximum absolute atomic E-state index is 11.4. The van der Waals surface area contributed by atoms with Crippen molar-refractivity contribution in [2.24, 2.45) is 0 Å². The van der Waals surface area contributed by atoms with Gasteiger partial charge < -0.3 is 19.7 Å². The first-order valence-corrected chi connectivity index (χ1v) is 11.8. The fraction of sp³-hybridized carbons (Fsp3) is 0.435. The summed E-state index contributed by atoms with van der Waals surface area (Å²) in [5.74, 6) is 1.61. The number of thiophene rings is 1. The third-order valence-electron chi connectivity index (χ3n) is 6.67. The van der Waals surface area contributed by atoms with Crippen molar-refractivity contribution in [3.05, 3.63) is 35.5 Å². The molecule has 4 aromatic rings. The second-order valence-electron chi connectivity index (χ2n) is 8.65. The van der Waals surface area contributed by atoms with Crippen LogP contribution in [-0.4, -0.2) is 50.8 Å². The standard InChI is InChI=1S/C23H25N5O2S/c1-14-12-30-11-10-28(14)22-19-18(17(13-31-19)23(29)6-2-3-7-23)26-21(27-22)16-5-9-25-20-15(16)4-8-24-20/h4-5,8-9,13-14,29H,2-3,6-7,10-12H2,1H3,(H,24,25)/t14-/m1/s1. The summed E-state index contributed by atoms with van der Waals surface area (Å²) in [6, 6.07) is 4.21. The molecule has 1 aliphatic carbocycles. The molecule has 2 aliphatic rings. The minimum Gasteiger partial charge on any atom is -0.385 e. The lowest BCUT2D eigenvalue weighted by atomic mass is 9.94. The summed E-state index contributed by atoms with van der Waals surface area (Å²) in [4.78, 5) is 20.1. The van der Waals surface area contributed by atoms with Crippen LogP contribution in [0.4, 0.5) is 5.82 Å². The number of aromatic amines is 1. The quantitative estimate of drug-likeness (QED) is 0.501. The third-order valence-corrected chi connectivity index (χ3v) is 7.64. The smallest absolute Gasteiger partial charge is 0.163 e. The first-order chi connectivity index (χ1) is 15.1. The second-order valence-corrected chi connectivity index (χ2v) is 9.53. The van der Waals surface area contributed by atoms with Gasteiger partial charge in [0.2, 0.25) is 0 Å². The Balaban J connectivity index is 1.61. The molecule has 0 unspecified atom stereocenters. The van der Waals surface area contributed by atoms with Gasteiger partial charge in [-0.2, -0.15) is 0 Å². The van der Waals surface area contributed by atoms with E-state index < -0.39 is 5.60 Å². The summed E-state index contributed by atoms with van der Waals surface area (Å²) in [7, 11) is 0. The van der Waals surface area contributed by atoms with Crippen LogP contribution in [0.5, 0.6) is 0 Å². The molecule has 7 nitrogen and oxygen atoms in total. The average Bonchev–Trinajstić information content (AvgIpc) is 3.52. The first kappa shape index (κ1) is 19.2. The molecule has 2 N–H and O–H groups in total. The van der Waals surface area contributed by atoms with Gasteiger partial charge in [0.25, 0.3) is 0 Å². The number of nitrogens with one attached hydrogen (secondary N) is 1. The van der Waals surface area contributed by atoms with E-state index in [0.29, 0.717) is 19.0 Å². The fourth-order valence-corrected chi connectivity index (χ4v) is 6.08. The number of nitrogens with zero attached hydrogens (tertiary/aromatic N) is 4.